The van der Waals surface area contributed by atoms with E-state index in [1.165, 1.54) is 0 Å². The van der Waals surface area contributed by atoms with Gasteiger partial charge in [-0.05, 0) is 12.5 Å². The summed E-state index contributed by atoms with van der Waals surface area (Å²) in [7, 11) is -3.78. The zero-order chi connectivity index (χ0) is 13.8. The van der Waals surface area contributed by atoms with Crippen molar-refractivity contribution in [2.75, 3.05) is 6.54 Å². The van der Waals surface area contributed by atoms with Crippen LogP contribution in [0.1, 0.15) is 19.8 Å². The number of rotatable bonds is 6. The Bertz CT molecular complexity index is 555. The molecular weight excluding hydrogens is 280 g/mol. The molecule has 1 atom stereocenters. The van der Waals surface area contributed by atoms with Gasteiger partial charge in [-0.1, -0.05) is 24.9 Å². The van der Waals surface area contributed by atoms with Crippen LogP contribution < -0.4 is 10.3 Å². The lowest BCUT2D eigenvalue weighted by Gasteiger charge is -2.11. The Hall–Kier alpha value is -0.890. The van der Waals surface area contributed by atoms with Crippen molar-refractivity contribution < 1.29 is 13.5 Å². The van der Waals surface area contributed by atoms with Crippen molar-refractivity contribution in [1.29, 1.82) is 0 Å². The number of H-pyrrole nitrogens is 1. The molecule has 102 valence electrons. The standard InChI is InChI=1S/C10H15ClN2O4S/c1-2-3-7(14)5-13-18(16,17)8-4-9(11)10(15)12-6-8/h4,6-7,13-14H,2-3,5H2,1H3,(H,12,15). The quantitative estimate of drug-likeness (QED) is 0.710. The molecule has 0 amide bonds. The van der Waals surface area contributed by atoms with Crippen molar-refractivity contribution >= 4 is 21.6 Å². The van der Waals surface area contributed by atoms with Crippen LogP contribution in [0, 0.1) is 0 Å². The van der Waals surface area contributed by atoms with Crippen LogP contribution in [0.2, 0.25) is 5.02 Å². The van der Waals surface area contributed by atoms with E-state index in [4.69, 9.17) is 11.6 Å². The molecule has 0 saturated heterocycles. The van der Waals surface area contributed by atoms with Crippen LogP contribution in [0.15, 0.2) is 22.0 Å². The van der Waals surface area contributed by atoms with Crippen LogP contribution in [-0.2, 0) is 10.0 Å². The van der Waals surface area contributed by atoms with E-state index < -0.39 is 21.7 Å². The Morgan fingerprint density at radius 3 is 2.78 bits per heavy atom. The average molecular weight is 295 g/mol. The zero-order valence-electron chi connectivity index (χ0n) is 9.81. The van der Waals surface area contributed by atoms with Gasteiger partial charge in [-0.2, -0.15) is 0 Å². The molecule has 0 aliphatic heterocycles. The second kappa shape index (κ2) is 6.33. The van der Waals surface area contributed by atoms with E-state index >= 15 is 0 Å². The predicted octanol–water partition coefficient (Wildman–Crippen LogP) is 0.468. The second-order valence-electron chi connectivity index (χ2n) is 3.81. The summed E-state index contributed by atoms with van der Waals surface area (Å²) in [5.41, 5.74) is -0.554. The van der Waals surface area contributed by atoms with Gasteiger partial charge in [0.15, 0.2) is 0 Å². The number of nitrogens with one attached hydrogen (secondary N) is 2. The first-order chi connectivity index (χ1) is 8.36. The maximum atomic E-state index is 11.8. The minimum Gasteiger partial charge on any atom is -0.392 e. The third kappa shape index (κ3) is 4.09. The average Bonchev–Trinajstić information content (AvgIpc) is 2.30. The first kappa shape index (κ1) is 15.2. The number of sulfonamides is 1. The van der Waals surface area contributed by atoms with Gasteiger partial charge in [0.25, 0.3) is 5.56 Å². The topological polar surface area (TPSA) is 99.3 Å². The molecule has 0 bridgehead atoms. The monoisotopic (exact) mass is 294 g/mol. The molecule has 6 nitrogen and oxygen atoms in total. The number of hydrogen-bond donors (Lipinski definition) is 3. The fourth-order valence-corrected chi connectivity index (χ4v) is 2.62. The maximum absolute atomic E-state index is 11.8. The fourth-order valence-electron chi connectivity index (χ4n) is 1.32. The fraction of sp³-hybridized carbons (Fsp3) is 0.500. The van der Waals surface area contributed by atoms with E-state index in [1.807, 2.05) is 6.92 Å². The summed E-state index contributed by atoms with van der Waals surface area (Å²) in [6.45, 7) is 1.81. The Morgan fingerprint density at radius 2 is 2.22 bits per heavy atom. The lowest BCUT2D eigenvalue weighted by molar-refractivity contribution is 0.167. The van der Waals surface area contributed by atoms with E-state index in [0.717, 1.165) is 18.7 Å². The van der Waals surface area contributed by atoms with Crippen molar-refractivity contribution in [2.24, 2.45) is 0 Å². The van der Waals surface area contributed by atoms with Crippen LogP contribution in [0.3, 0.4) is 0 Å². The first-order valence-corrected chi connectivity index (χ1v) is 7.29. The van der Waals surface area contributed by atoms with E-state index in [2.05, 4.69) is 9.71 Å². The van der Waals surface area contributed by atoms with Gasteiger partial charge in [0.1, 0.15) is 5.02 Å². The van der Waals surface area contributed by atoms with Crippen LogP contribution in [0.5, 0.6) is 0 Å². The molecular formula is C10H15ClN2O4S. The number of aliphatic hydroxyl groups excluding tert-OH is 1. The lowest BCUT2D eigenvalue weighted by atomic mass is 10.2. The molecule has 3 N–H and O–H groups in total. The highest BCUT2D eigenvalue weighted by molar-refractivity contribution is 7.89. The third-order valence-corrected chi connectivity index (χ3v) is 3.96. The maximum Gasteiger partial charge on any atom is 0.266 e. The summed E-state index contributed by atoms with van der Waals surface area (Å²) in [6.07, 6.45) is 1.59. The van der Waals surface area contributed by atoms with Gasteiger partial charge < -0.3 is 10.1 Å². The largest absolute Gasteiger partial charge is 0.392 e. The van der Waals surface area contributed by atoms with Crippen LogP contribution in [0.25, 0.3) is 0 Å². The molecule has 0 aliphatic rings. The van der Waals surface area contributed by atoms with Crippen molar-refractivity contribution in [3.05, 3.63) is 27.6 Å². The van der Waals surface area contributed by atoms with E-state index in [1.54, 1.807) is 0 Å². The van der Waals surface area contributed by atoms with E-state index in [-0.39, 0.29) is 16.5 Å². The number of hydrogen-bond acceptors (Lipinski definition) is 4. The number of aromatic nitrogens is 1. The smallest absolute Gasteiger partial charge is 0.266 e. The Morgan fingerprint density at radius 1 is 1.56 bits per heavy atom. The first-order valence-electron chi connectivity index (χ1n) is 5.42. The SMILES string of the molecule is CCCC(O)CNS(=O)(=O)c1c[nH]c(=O)c(Cl)c1. The van der Waals surface area contributed by atoms with Gasteiger partial charge in [0.2, 0.25) is 10.0 Å². The van der Waals surface area contributed by atoms with Crippen LogP contribution in [-0.4, -0.2) is 31.2 Å². The van der Waals surface area contributed by atoms with Gasteiger partial charge in [0, 0.05) is 12.7 Å². The summed E-state index contributed by atoms with van der Waals surface area (Å²) < 4.78 is 25.9. The highest BCUT2D eigenvalue weighted by Crippen LogP contribution is 2.10. The molecule has 1 aromatic heterocycles. The van der Waals surface area contributed by atoms with E-state index in [9.17, 15) is 18.3 Å². The third-order valence-electron chi connectivity index (χ3n) is 2.27. The minimum absolute atomic E-state index is 0.0765. The lowest BCUT2D eigenvalue weighted by Crippen LogP contribution is -2.32. The molecule has 1 unspecified atom stereocenters. The Kier molecular flexibility index (Phi) is 5.33. The molecule has 8 heteroatoms. The molecule has 18 heavy (non-hydrogen) atoms. The summed E-state index contributed by atoms with van der Waals surface area (Å²) in [4.78, 5) is 13.1. The molecule has 0 spiro atoms. The minimum atomic E-state index is -3.78. The van der Waals surface area contributed by atoms with Gasteiger partial charge in [0.05, 0.1) is 11.0 Å². The number of pyridine rings is 1. The summed E-state index contributed by atoms with van der Waals surface area (Å²) in [5, 5.41) is 9.25. The van der Waals surface area contributed by atoms with Gasteiger partial charge in [-0.3, -0.25) is 4.79 Å². The number of aromatic amines is 1. The van der Waals surface area contributed by atoms with Gasteiger partial charge in [-0.25, -0.2) is 13.1 Å². The second-order valence-corrected chi connectivity index (χ2v) is 5.98. The van der Waals surface area contributed by atoms with Gasteiger partial charge in [-0.15, -0.1) is 0 Å². The molecule has 1 aromatic rings. The van der Waals surface area contributed by atoms with Crippen molar-refractivity contribution in [3.8, 4) is 0 Å². The zero-order valence-corrected chi connectivity index (χ0v) is 11.4. The molecule has 0 saturated carbocycles. The Labute approximate surface area is 110 Å². The highest BCUT2D eigenvalue weighted by Gasteiger charge is 2.16. The number of aliphatic hydroxyl groups is 1. The molecule has 0 radical (unpaired) electrons. The highest BCUT2D eigenvalue weighted by atomic mass is 35.5. The van der Waals surface area contributed by atoms with Crippen LogP contribution in [0.4, 0.5) is 0 Å². The van der Waals surface area contributed by atoms with Crippen molar-refractivity contribution in [2.45, 2.75) is 30.8 Å². The summed E-state index contributed by atoms with van der Waals surface area (Å²) in [6, 6.07) is 1.06. The normalized spacial score (nSPS) is 13.5. The molecule has 1 rings (SSSR count). The Balaban J connectivity index is 2.80. The molecule has 0 fully saturated rings. The van der Waals surface area contributed by atoms with Crippen molar-refractivity contribution in [3.63, 3.8) is 0 Å². The van der Waals surface area contributed by atoms with Crippen molar-refractivity contribution in [1.82, 2.24) is 9.71 Å². The van der Waals surface area contributed by atoms with Gasteiger partial charge >= 0.3 is 0 Å². The predicted molar refractivity (Wildman–Crippen MR) is 68.2 cm³/mol. The van der Waals surface area contributed by atoms with Crippen LogP contribution >= 0.6 is 11.6 Å². The molecule has 1 heterocycles. The molecule has 0 aliphatic carbocycles. The summed E-state index contributed by atoms with van der Waals surface area (Å²) in [5.74, 6) is 0. The van der Waals surface area contributed by atoms with E-state index in [0.29, 0.717) is 6.42 Å². The molecule has 0 aromatic carbocycles. The summed E-state index contributed by atoms with van der Waals surface area (Å²) >= 11 is 5.55. The number of halogens is 1.